The van der Waals surface area contributed by atoms with E-state index in [-0.39, 0.29) is 0 Å². The van der Waals surface area contributed by atoms with Gasteiger partial charge in [-0.15, -0.1) is 6.58 Å². The molecule has 0 N–H and O–H groups in total. The maximum Gasteiger partial charge on any atom is -0.0162 e. The molecule has 148 valence electrons. The van der Waals surface area contributed by atoms with Gasteiger partial charge in [0.2, 0.25) is 0 Å². The summed E-state index contributed by atoms with van der Waals surface area (Å²) in [5, 5.41) is 0. The van der Waals surface area contributed by atoms with Crippen molar-refractivity contribution in [2.45, 2.75) is 70.6 Å². The molecule has 0 aromatic heterocycles. The standard InChI is InChI=1S/C28H36/c1-3-5-7-9-23-11-15-25(16-12-23)27-19-21-28(22-20-27)26-17-13-24(14-18-26)10-8-6-4-2/h3,8,10-12,15-16,19-22,24,26H,1,4-7,9,13-14,17-18H2,2H3/b10-8+. The molecule has 0 heteroatoms. The fourth-order valence-corrected chi connectivity index (χ4v) is 4.36. The number of hydrogen-bond acceptors (Lipinski definition) is 0. The van der Waals surface area contributed by atoms with Gasteiger partial charge < -0.3 is 0 Å². The van der Waals surface area contributed by atoms with Crippen LogP contribution in [-0.2, 0) is 6.42 Å². The van der Waals surface area contributed by atoms with Gasteiger partial charge in [0.05, 0.1) is 0 Å². The Morgan fingerprint density at radius 2 is 1.50 bits per heavy atom. The molecule has 0 heterocycles. The van der Waals surface area contributed by atoms with Crippen molar-refractivity contribution in [2.75, 3.05) is 0 Å². The van der Waals surface area contributed by atoms with E-state index >= 15 is 0 Å². The van der Waals surface area contributed by atoms with Gasteiger partial charge in [-0.05, 0) is 85.5 Å². The van der Waals surface area contributed by atoms with E-state index in [1.807, 2.05) is 6.08 Å². The van der Waals surface area contributed by atoms with Crippen LogP contribution in [0.5, 0.6) is 0 Å². The van der Waals surface area contributed by atoms with Crippen LogP contribution in [0.15, 0.2) is 73.3 Å². The summed E-state index contributed by atoms with van der Waals surface area (Å²) in [5.41, 5.74) is 5.61. The number of rotatable bonds is 9. The number of unbranched alkanes of at least 4 members (excludes halogenated alkanes) is 2. The van der Waals surface area contributed by atoms with Crippen LogP contribution in [0.2, 0.25) is 0 Å². The van der Waals surface area contributed by atoms with E-state index in [4.69, 9.17) is 0 Å². The minimum Gasteiger partial charge on any atom is -0.103 e. The molecular weight excluding hydrogens is 336 g/mol. The molecule has 0 unspecified atom stereocenters. The predicted octanol–water partition coefficient (Wildman–Crippen LogP) is 8.49. The van der Waals surface area contributed by atoms with Crippen molar-refractivity contribution in [1.82, 2.24) is 0 Å². The van der Waals surface area contributed by atoms with Gasteiger partial charge in [0.1, 0.15) is 0 Å². The fourth-order valence-electron chi connectivity index (χ4n) is 4.36. The Morgan fingerprint density at radius 3 is 2.11 bits per heavy atom. The molecule has 0 spiro atoms. The van der Waals surface area contributed by atoms with Crippen molar-refractivity contribution in [3.05, 3.63) is 84.5 Å². The zero-order chi connectivity index (χ0) is 19.6. The SMILES string of the molecule is C=CCCCc1ccc(-c2ccc(C3CCC(/C=C/CCC)CC3)cc2)cc1. The molecule has 2 aromatic carbocycles. The molecular formula is C28H36. The second kappa shape index (κ2) is 11.1. The summed E-state index contributed by atoms with van der Waals surface area (Å²) in [4.78, 5) is 0. The van der Waals surface area contributed by atoms with Crippen LogP contribution in [0.3, 0.4) is 0 Å². The molecule has 28 heavy (non-hydrogen) atoms. The zero-order valence-electron chi connectivity index (χ0n) is 17.6. The number of benzene rings is 2. The highest BCUT2D eigenvalue weighted by Crippen LogP contribution is 2.37. The van der Waals surface area contributed by atoms with Crippen molar-refractivity contribution < 1.29 is 0 Å². The van der Waals surface area contributed by atoms with Gasteiger partial charge in [-0.1, -0.05) is 80.1 Å². The van der Waals surface area contributed by atoms with E-state index in [9.17, 15) is 0 Å². The maximum absolute atomic E-state index is 3.80. The molecule has 2 aromatic rings. The lowest BCUT2D eigenvalue weighted by Gasteiger charge is -2.27. The van der Waals surface area contributed by atoms with E-state index in [0.29, 0.717) is 0 Å². The summed E-state index contributed by atoms with van der Waals surface area (Å²) in [6.45, 7) is 6.06. The molecule has 1 aliphatic carbocycles. The van der Waals surface area contributed by atoms with E-state index < -0.39 is 0 Å². The highest BCUT2D eigenvalue weighted by molar-refractivity contribution is 5.64. The first-order chi connectivity index (χ1) is 13.8. The third-order valence-electron chi connectivity index (χ3n) is 6.18. The topological polar surface area (TPSA) is 0 Å². The minimum atomic E-state index is 0.747. The highest BCUT2D eigenvalue weighted by atomic mass is 14.3. The lowest BCUT2D eigenvalue weighted by atomic mass is 9.78. The van der Waals surface area contributed by atoms with Gasteiger partial charge in [0, 0.05) is 0 Å². The number of hydrogen-bond donors (Lipinski definition) is 0. The smallest absolute Gasteiger partial charge is 0.0162 e. The zero-order valence-corrected chi connectivity index (χ0v) is 17.6. The first kappa shape index (κ1) is 20.6. The number of allylic oxidation sites excluding steroid dienone is 3. The fraction of sp³-hybridized carbons (Fsp3) is 0.429. The lowest BCUT2D eigenvalue weighted by molar-refractivity contribution is 0.375. The molecule has 0 saturated heterocycles. The molecule has 0 aliphatic heterocycles. The molecule has 0 radical (unpaired) electrons. The minimum absolute atomic E-state index is 0.747. The largest absolute Gasteiger partial charge is 0.103 e. The highest BCUT2D eigenvalue weighted by Gasteiger charge is 2.20. The average Bonchev–Trinajstić information content (AvgIpc) is 2.75. The van der Waals surface area contributed by atoms with Gasteiger partial charge in [-0.3, -0.25) is 0 Å². The molecule has 0 nitrogen and oxygen atoms in total. The maximum atomic E-state index is 3.80. The van der Waals surface area contributed by atoms with Crippen LogP contribution in [0, 0.1) is 5.92 Å². The molecule has 1 fully saturated rings. The third-order valence-corrected chi connectivity index (χ3v) is 6.18. The summed E-state index contributed by atoms with van der Waals surface area (Å²) < 4.78 is 0. The Morgan fingerprint density at radius 1 is 0.857 bits per heavy atom. The molecule has 3 rings (SSSR count). The Balaban J connectivity index is 1.54. The normalized spacial score (nSPS) is 19.8. The first-order valence-corrected chi connectivity index (χ1v) is 11.3. The monoisotopic (exact) mass is 372 g/mol. The molecule has 0 bridgehead atoms. The van der Waals surface area contributed by atoms with Crippen molar-refractivity contribution in [3.63, 3.8) is 0 Å². The first-order valence-electron chi connectivity index (χ1n) is 11.3. The van der Waals surface area contributed by atoms with Crippen LogP contribution >= 0.6 is 0 Å². The van der Waals surface area contributed by atoms with Gasteiger partial charge in [0.25, 0.3) is 0 Å². The predicted molar refractivity (Wildman–Crippen MR) is 124 cm³/mol. The Hall–Kier alpha value is -2.08. The van der Waals surface area contributed by atoms with Crippen LogP contribution in [0.1, 0.15) is 75.3 Å². The average molecular weight is 373 g/mol. The summed E-state index contributed by atoms with van der Waals surface area (Å²) in [6, 6.07) is 18.5. The van der Waals surface area contributed by atoms with Crippen LogP contribution in [0.25, 0.3) is 11.1 Å². The summed E-state index contributed by atoms with van der Waals surface area (Å²) >= 11 is 0. The molecule has 1 saturated carbocycles. The Bertz CT molecular complexity index is 725. The van der Waals surface area contributed by atoms with Crippen LogP contribution in [0.4, 0.5) is 0 Å². The van der Waals surface area contributed by atoms with Crippen molar-refractivity contribution >= 4 is 0 Å². The van der Waals surface area contributed by atoms with E-state index in [1.54, 1.807) is 0 Å². The molecule has 0 atom stereocenters. The Kier molecular flexibility index (Phi) is 8.15. The summed E-state index contributed by atoms with van der Waals surface area (Å²) in [7, 11) is 0. The Labute approximate surface area is 172 Å². The quantitative estimate of drug-likeness (QED) is 0.306. The van der Waals surface area contributed by atoms with E-state index in [2.05, 4.69) is 74.2 Å². The molecule has 0 amide bonds. The van der Waals surface area contributed by atoms with Crippen LogP contribution < -0.4 is 0 Å². The van der Waals surface area contributed by atoms with Crippen molar-refractivity contribution in [2.24, 2.45) is 5.92 Å². The molecule has 1 aliphatic rings. The van der Waals surface area contributed by atoms with E-state index in [1.165, 1.54) is 67.2 Å². The van der Waals surface area contributed by atoms with Crippen LogP contribution in [-0.4, -0.2) is 0 Å². The van der Waals surface area contributed by atoms with Gasteiger partial charge >= 0.3 is 0 Å². The number of aryl methyl sites for hydroxylation is 1. The second-order valence-corrected chi connectivity index (χ2v) is 8.33. The van der Waals surface area contributed by atoms with Gasteiger partial charge in [-0.25, -0.2) is 0 Å². The second-order valence-electron chi connectivity index (χ2n) is 8.33. The lowest BCUT2D eigenvalue weighted by Crippen LogP contribution is -2.11. The summed E-state index contributed by atoms with van der Waals surface area (Å²) in [6.07, 6.45) is 18.2. The van der Waals surface area contributed by atoms with E-state index in [0.717, 1.165) is 24.7 Å². The van der Waals surface area contributed by atoms with Gasteiger partial charge in [0.15, 0.2) is 0 Å². The van der Waals surface area contributed by atoms with Crippen molar-refractivity contribution in [3.8, 4) is 11.1 Å². The van der Waals surface area contributed by atoms with Crippen molar-refractivity contribution in [1.29, 1.82) is 0 Å². The van der Waals surface area contributed by atoms with Gasteiger partial charge in [-0.2, -0.15) is 0 Å². The summed E-state index contributed by atoms with van der Waals surface area (Å²) in [5.74, 6) is 1.56. The third kappa shape index (κ3) is 5.96.